The van der Waals surface area contributed by atoms with Crippen LogP contribution in [0.15, 0.2) is 0 Å². The normalized spacial score (nSPS) is 13.2. The van der Waals surface area contributed by atoms with Crippen molar-refractivity contribution in [3.05, 3.63) is 0 Å². The molecule has 2 unspecified atom stereocenters. The van der Waals surface area contributed by atoms with Gasteiger partial charge in [0, 0.05) is 19.3 Å². The molecule has 0 spiro atoms. The van der Waals surface area contributed by atoms with Gasteiger partial charge in [-0.2, -0.15) is 0 Å². The standard InChI is InChI=1S/C24H44O6/c1-2-3-4-5-6-7-8-9-10-11-12-13-14-15-16-17-20(25)18-21(26)22(27)19-23(28)24(29)30/h21,23,26,28H,2-19H2,1H3,(H,29,30). The Bertz CT molecular complexity index is 463. The second-order valence-electron chi connectivity index (χ2n) is 8.48. The first-order chi connectivity index (χ1) is 14.4. The van der Waals surface area contributed by atoms with Crippen LogP contribution in [0.2, 0.25) is 0 Å². The van der Waals surface area contributed by atoms with Crippen LogP contribution in [0, 0.1) is 0 Å². The van der Waals surface area contributed by atoms with E-state index in [2.05, 4.69) is 6.92 Å². The maximum Gasteiger partial charge on any atom is 0.332 e. The maximum atomic E-state index is 11.8. The molecular formula is C24H44O6. The number of hydrogen-bond acceptors (Lipinski definition) is 5. The van der Waals surface area contributed by atoms with E-state index in [1.54, 1.807) is 0 Å². The molecule has 2 atom stereocenters. The molecule has 0 heterocycles. The fourth-order valence-electron chi connectivity index (χ4n) is 3.54. The number of carbonyl (C=O) groups excluding carboxylic acids is 2. The number of carboxylic acids is 1. The highest BCUT2D eigenvalue weighted by Gasteiger charge is 2.24. The molecule has 0 aliphatic rings. The fraction of sp³-hybridized carbons (Fsp3) is 0.875. The third-order valence-electron chi connectivity index (χ3n) is 5.53. The zero-order valence-corrected chi connectivity index (χ0v) is 18.9. The van der Waals surface area contributed by atoms with Crippen LogP contribution >= 0.6 is 0 Å². The Balaban J connectivity index is 3.46. The number of ketones is 2. The van der Waals surface area contributed by atoms with Gasteiger partial charge in [-0.1, -0.05) is 96.8 Å². The van der Waals surface area contributed by atoms with Gasteiger partial charge in [-0.05, 0) is 6.42 Å². The van der Waals surface area contributed by atoms with Gasteiger partial charge in [0.15, 0.2) is 11.9 Å². The molecular weight excluding hydrogens is 384 g/mol. The SMILES string of the molecule is CCCCCCCCCCCCCCCCCC(=O)CC(O)C(=O)CC(O)C(=O)O. The zero-order valence-electron chi connectivity index (χ0n) is 18.9. The van der Waals surface area contributed by atoms with E-state index in [-0.39, 0.29) is 12.2 Å². The van der Waals surface area contributed by atoms with Crippen molar-refractivity contribution >= 4 is 17.5 Å². The number of hydrogen-bond donors (Lipinski definition) is 3. The van der Waals surface area contributed by atoms with E-state index in [1.807, 2.05) is 0 Å². The lowest BCUT2D eigenvalue weighted by molar-refractivity contribution is -0.150. The van der Waals surface area contributed by atoms with E-state index < -0.39 is 30.4 Å². The lowest BCUT2D eigenvalue weighted by atomic mass is 10.00. The van der Waals surface area contributed by atoms with Gasteiger partial charge < -0.3 is 15.3 Å². The van der Waals surface area contributed by atoms with E-state index in [4.69, 9.17) is 10.2 Å². The molecule has 0 radical (unpaired) electrons. The Labute approximate surface area is 182 Å². The molecule has 0 saturated heterocycles. The smallest absolute Gasteiger partial charge is 0.332 e. The summed E-state index contributed by atoms with van der Waals surface area (Å²) in [5.41, 5.74) is 0. The molecule has 0 amide bonds. The van der Waals surface area contributed by atoms with Crippen molar-refractivity contribution < 1.29 is 29.7 Å². The quantitative estimate of drug-likeness (QED) is 0.210. The third-order valence-corrected chi connectivity index (χ3v) is 5.53. The molecule has 0 fully saturated rings. The minimum Gasteiger partial charge on any atom is -0.479 e. The molecule has 0 aromatic carbocycles. The Hall–Kier alpha value is -1.27. The van der Waals surface area contributed by atoms with Crippen LogP contribution < -0.4 is 0 Å². The van der Waals surface area contributed by atoms with Crippen molar-refractivity contribution in [2.45, 2.75) is 135 Å². The van der Waals surface area contributed by atoms with E-state index in [9.17, 15) is 19.5 Å². The molecule has 6 heteroatoms. The lowest BCUT2D eigenvalue weighted by Crippen LogP contribution is -2.30. The Morgan fingerprint density at radius 3 is 1.40 bits per heavy atom. The number of carboxylic acid groups (broad SMARTS) is 1. The van der Waals surface area contributed by atoms with Crippen LogP contribution in [0.4, 0.5) is 0 Å². The first kappa shape index (κ1) is 28.7. The van der Waals surface area contributed by atoms with Gasteiger partial charge in [0.05, 0.1) is 0 Å². The molecule has 6 nitrogen and oxygen atoms in total. The summed E-state index contributed by atoms with van der Waals surface area (Å²) in [7, 11) is 0. The number of rotatable bonds is 22. The van der Waals surface area contributed by atoms with Crippen molar-refractivity contribution in [3.63, 3.8) is 0 Å². The molecule has 3 N–H and O–H groups in total. The fourth-order valence-corrected chi connectivity index (χ4v) is 3.54. The van der Waals surface area contributed by atoms with Crippen LogP contribution in [-0.4, -0.2) is 45.1 Å². The lowest BCUT2D eigenvalue weighted by Gasteiger charge is -2.10. The summed E-state index contributed by atoms with van der Waals surface area (Å²) in [5.74, 6) is -2.52. The molecule has 0 aliphatic heterocycles. The van der Waals surface area contributed by atoms with Crippen molar-refractivity contribution in [1.82, 2.24) is 0 Å². The second-order valence-corrected chi connectivity index (χ2v) is 8.48. The Kier molecular flexibility index (Phi) is 18.8. The number of Topliss-reactive ketones (excluding diaryl/α,β-unsaturated/α-hetero) is 2. The van der Waals surface area contributed by atoms with Crippen LogP contribution in [0.25, 0.3) is 0 Å². The number of aliphatic carboxylic acids is 1. The van der Waals surface area contributed by atoms with E-state index >= 15 is 0 Å². The van der Waals surface area contributed by atoms with Crippen molar-refractivity contribution in [1.29, 1.82) is 0 Å². The molecule has 0 bridgehead atoms. The van der Waals surface area contributed by atoms with E-state index in [0.29, 0.717) is 6.42 Å². The van der Waals surface area contributed by atoms with Crippen LogP contribution in [0.1, 0.15) is 122 Å². The predicted octanol–water partition coefficient (Wildman–Crippen LogP) is 4.97. The molecule has 0 rings (SSSR count). The topological polar surface area (TPSA) is 112 Å². The van der Waals surface area contributed by atoms with E-state index in [1.165, 1.54) is 77.0 Å². The monoisotopic (exact) mass is 428 g/mol. The molecule has 0 aliphatic carbocycles. The highest BCUT2D eigenvalue weighted by Crippen LogP contribution is 2.14. The first-order valence-corrected chi connectivity index (χ1v) is 12.0. The number of aliphatic hydroxyl groups excluding tert-OH is 2. The summed E-state index contributed by atoms with van der Waals surface area (Å²) in [6.45, 7) is 2.25. The molecule has 0 aromatic rings. The Morgan fingerprint density at radius 1 is 0.600 bits per heavy atom. The molecule has 0 saturated carbocycles. The predicted molar refractivity (Wildman–Crippen MR) is 118 cm³/mol. The molecule has 30 heavy (non-hydrogen) atoms. The van der Waals surface area contributed by atoms with Crippen molar-refractivity contribution in [2.24, 2.45) is 0 Å². The summed E-state index contributed by atoms with van der Waals surface area (Å²) in [4.78, 5) is 33.9. The molecule has 0 aromatic heterocycles. The number of unbranched alkanes of at least 4 members (excludes halogenated alkanes) is 14. The van der Waals surface area contributed by atoms with Crippen molar-refractivity contribution in [3.8, 4) is 0 Å². The minimum absolute atomic E-state index is 0.199. The van der Waals surface area contributed by atoms with E-state index in [0.717, 1.165) is 19.3 Å². The average molecular weight is 429 g/mol. The average Bonchev–Trinajstić information content (AvgIpc) is 2.70. The van der Waals surface area contributed by atoms with Gasteiger partial charge in [0.25, 0.3) is 0 Å². The maximum absolute atomic E-state index is 11.8. The number of aliphatic hydroxyl groups is 2. The van der Waals surface area contributed by atoms with Crippen LogP contribution in [-0.2, 0) is 14.4 Å². The summed E-state index contributed by atoms with van der Waals surface area (Å²) in [5, 5.41) is 27.3. The van der Waals surface area contributed by atoms with Gasteiger partial charge in [0.1, 0.15) is 11.9 Å². The Morgan fingerprint density at radius 2 is 1.00 bits per heavy atom. The first-order valence-electron chi connectivity index (χ1n) is 12.0. The van der Waals surface area contributed by atoms with Gasteiger partial charge in [-0.25, -0.2) is 4.79 Å². The highest BCUT2D eigenvalue weighted by molar-refractivity contribution is 5.91. The van der Waals surface area contributed by atoms with Gasteiger partial charge in [-0.3, -0.25) is 9.59 Å². The number of carbonyl (C=O) groups is 3. The zero-order chi connectivity index (χ0) is 22.6. The van der Waals surface area contributed by atoms with Gasteiger partial charge in [0.2, 0.25) is 0 Å². The largest absolute Gasteiger partial charge is 0.479 e. The van der Waals surface area contributed by atoms with Gasteiger partial charge >= 0.3 is 5.97 Å². The van der Waals surface area contributed by atoms with Crippen LogP contribution in [0.3, 0.4) is 0 Å². The third kappa shape index (κ3) is 17.6. The minimum atomic E-state index is -1.84. The second kappa shape index (κ2) is 19.7. The summed E-state index contributed by atoms with van der Waals surface area (Å²) in [6, 6.07) is 0. The highest BCUT2D eigenvalue weighted by atomic mass is 16.4. The summed E-state index contributed by atoms with van der Waals surface area (Å²) in [6.07, 6.45) is 14.7. The molecule has 176 valence electrons. The summed E-state index contributed by atoms with van der Waals surface area (Å²) >= 11 is 0. The van der Waals surface area contributed by atoms with Crippen LogP contribution in [0.5, 0.6) is 0 Å². The summed E-state index contributed by atoms with van der Waals surface area (Å²) < 4.78 is 0. The van der Waals surface area contributed by atoms with Gasteiger partial charge in [-0.15, -0.1) is 0 Å². The van der Waals surface area contributed by atoms with Crippen molar-refractivity contribution in [2.75, 3.05) is 0 Å².